The molecule has 1 unspecified atom stereocenters. The summed E-state index contributed by atoms with van der Waals surface area (Å²) < 4.78 is 2.52. The Bertz CT molecular complexity index is 434. The molecule has 2 N–H and O–H groups in total. The van der Waals surface area contributed by atoms with Crippen LogP contribution in [0.4, 0.5) is 0 Å². The molecule has 19 heavy (non-hydrogen) atoms. The highest BCUT2D eigenvalue weighted by molar-refractivity contribution is 7.98. The van der Waals surface area contributed by atoms with E-state index >= 15 is 0 Å². The van der Waals surface area contributed by atoms with Crippen molar-refractivity contribution in [2.24, 2.45) is 11.1 Å². The maximum atomic E-state index is 6.36. The molecule has 0 fully saturated rings. The number of fused-ring (bicyclic) bond motifs is 1. The van der Waals surface area contributed by atoms with Gasteiger partial charge in [0.05, 0.1) is 0 Å². The van der Waals surface area contributed by atoms with Crippen LogP contribution in [-0.4, -0.2) is 16.6 Å². The number of unbranched alkanes of at least 4 members (excludes halogenated alkanes) is 1. The van der Waals surface area contributed by atoms with Crippen LogP contribution in [0.3, 0.4) is 0 Å². The highest BCUT2D eigenvalue weighted by atomic mass is 32.2. The molecular formula is C16H28N2S. The molecular weight excluding hydrogens is 252 g/mol. The molecule has 3 heteroatoms. The van der Waals surface area contributed by atoms with Gasteiger partial charge in [0.1, 0.15) is 0 Å². The van der Waals surface area contributed by atoms with E-state index in [0.717, 1.165) is 13.0 Å². The van der Waals surface area contributed by atoms with Gasteiger partial charge < -0.3 is 10.3 Å². The third kappa shape index (κ3) is 3.38. The van der Waals surface area contributed by atoms with Gasteiger partial charge in [-0.1, -0.05) is 13.8 Å². The second kappa shape index (κ2) is 5.92. The predicted molar refractivity (Wildman–Crippen MR) is 85.8 cm³/mol. The van der Waals surface area contributed by atoms with Crippen LogP contribution in [0.15, 0.2) is 6.07 Å². The van der Waals surface area contributed by atoms with Crippen molar-refractivity contribution in [2.75, 3.05) is 12.0 Å². The SMILES string of the molecule is CSCCCCn1c(C)cc2c1CC(C)(C)CC2N. The number of hydrogen-bond donors (Lipinski definition) is 1. The highest BCUT2D eigenvalue weighted by Gasteiger charge is 2.32. The summed E-state index contributed by atoms with van der Waals surface area (Å²) in [5.74, 6) is 1.27. The van der Waals surface area contributed by atoms with Gasteiger partial charge in [-0.05, 0) is 61.7 Å². The molecule has 0 spiro atoms. The van der Waals surface area contributed by atoms with E-state index in [1.165, 1.54) is 42.0 Å². The lowest BCUT2D eigenvalue weighted by Crippen LogP contribution is -2.30. The largest absolute Gasteiger partial charge is 0.349 e. The van der Waals surface area contributed by atoms with Crippen LogP contribution in [0.5, 0.6) is 0 Å². The number of aryl methyl sites for hydroxylation is 1. The fourth-order valence-electron chi connectivity index (χ4n) is 3.33. The van der Waals surface area contributed by atoms with Crippen LogP contribution in [0.25, 0.3) is 0 Å². The third-order valence-corrected chi connectivity index (χ3v) is 4.94. The zero-order valence-electron chi connectivity index (χ0n) is 12.8. The minimum absolute atomic E-state index is 0.227. The van der Waals surface area contributed by atoms with Crippen molar-refractivity contribution >= 4 is 11.8 Å². The number of hydrogen-bond acceptors (Lipinski definition) is 2. The topological polar surface area (TPSA) is 30.9 Å². The summed E-state index contributed by atoms with van der Waals surface area (Å²) >= 11 is 1.94. The Morgan fingerprint density at radius 1 is 1.42 bits per heavy atom. The zero-order chi connectivity index (χ0) is 14.0. The molecule has 108 valence electrons. The van der Waals surface area contributed by atoms with Crippen molar-refractivity contribution in [3.8, 4) is 0 Å². The molecule has 1 aliphatic rings. The van der Waals surface area contributed by atoms with Gasteiger partial charge in [0.15, 0.2) is 0 Å². The quantitative estimate of drug-likeness (QED) is 0.829. The Labute approximate surface area is 122 Å². The molecule has 1 aromatic rings. The van der Waals surface area contributed by atoms with Gasteiger partial charge >= 0.3 is 0 Å². The summed E-state index contributed by atoms with van der Waals surface area (Å²) in [5.41, 5.74) is 11.0. The first kappa shape index (κ1) is 15.0. The van der Waals surface area contributed by atoms with Crippen molar-refractivity contribution in [1.29, 1.82) is 0 Å². The lowest BCUT2D eigenvalue weighted by Gasteiger charge is -2.34. The van der Waals surface area contributed by atoms with Gasteiger partial charge in [-0.25, -0.2) is 0 Å². The fraction of sp³-hybridized carbons (Fsp3) is 0.750. The molecule has 1 heterocycles. The van der Waals surface area contributed by atoms with Crippen molar-refractivity contribution in [3.63, 3.8) is 0 Å². The summed E-state index contributed by atoms with van der Waals surface area (Å²) in [7, 11) is 0. The van der Waals surface area contributed by atoms with Crippen molar-refractivity contribution < 1.29 is 0 Å². The van der Waals surface area contributed by atoms with Crippen molar-refractivity contribution in [2.45, 2.75) is 59.0 Å². The van der Waals surface area contributed by atoms with E-state index in [2.05, 4.69) is 37.7 Å². The van der Waals surface area contributed by atoms with Crippen LogP contribution in [-0.2, 0) is 13.0 Å². The Kier molecular flexibility index (Phi) is 4.67. The first-order chi connectivity index (χ1) is 8.94. The zero-order valence-corrected chi connectivity index (χ0v) is 13.6. The summed E-state index contributed by atoms with van der Waals surface area (Å²) in [4.78, 5) is 0. The molecule has 0 bridgehead atoms. The molecule has 0 radical (unpaired) electrons. The van der Waals surface area contributed by atoms with Gasteiger partial charge in [0.2, 0.25) is 0 Å². The lowest BCUT2D eigenvalue weighted by atomic mass is 9.74. The van der Waals surface area contributed by atoms with E-state index in [9.17, 15) is 0 Å². The number of aromatic nitrogens is 1. The summed E-state index contributed by atoms with van der Waals surface area (Å²) in [5, 5.41) is 0. The standard InChI is InChI=1S/C16H28N2S/c1-12-9-13-14(17)10-16(2,3)11-15(13)18(12)7-5-6-8-19-4/h9,14H,5-8,10-11,17H2,1-4H3. The second-order valence-electron chi connectivity index (χ2n) is 6.69. The minimum atomic E-state index is 0.227. The normalized spacial score (nSPS) is 21.4. The van der Waals surface area contributed by atoms with Crippen LogP contribution in [0.1, 0.15) is 56.1 Å². The Balaban J connectivity index is 2.16. The predicted octanol–water partition coefficient (Wildman–Crippen LogP) is 3.91. The first-order valence-electron chi connectivity index (χ1n) is 7.38. The van der Waals surface area contributed by atoms with E-state index < -0.39 is 0 Å². The van der Waals surface area contributed by atoms with E-state index in [0.29, 0.717) is 5.41 Å². The molecule has 0 aromatic carbocycles. The van der Waals surface area contributed by atoms with E-state index in [1.807, 2.05) is 11.8 Å². The number of nitrogens with two attached hydrogens (primary N) is 1. The first-order valence-corrected chi connectivity index (χ1v) is 8.77. The Morgan fingerprint density at radius 3 is 2.84 bits per heavy atom. The Morgan fingerprint density at radius 2 is 2.16 bits per heavy atom. The van der Waals surface area contributed by atoms with Crippen molar-refractivity contribution in [3.05, 3.63) is 23.0 Å². The molecule has 1 aromatic heterocycles. The molecule has 0 aliphatic heterocycles. The molecule has 2 nitrogen and oxygen atoms in total. The molecule has 1 aliphatic carbocycles. The van der Waals surface area contributed by atoms with E-state index in [1.54, 1.807) is 0 Å². The lowest BCUT2D eigenvalue weighted by molar-refractivity contribution is 0.274. The second-order valence-corrected chi connectivity index (χ2v) is 7.68. The molecule has 1 atom stereocenters. The highest BCUT2D eigenvalue weighted by Crippen LogP contribution is 2.40. The van der Waals surface area contributed by atoms with Crippen LogP contribution in [0, 0.1) is 12.3 Å². The smallest absolute Gasteiger partial charge is 0.0318 e. The maximum absolute atomic E-state index is 6.36. The maximum Gasteiger partial charge on any atom is 0.0318 e. The monoisotopic (exact) mass is 280 g/mol. The average Bonchev–Trinajstić information content (AvgIpc) is 2.61. The van der Waals surface area contributed by atoms with Crippen LogP contribution in [0.2, 0.25) is 0 Å². The third-order valence-electron chi connectivity index (χ3n) is 4.25. The fourth-order valence-corrected chi connectivity index (χ4v) is 3.82. The molecule has 0 saturated carbocycles. The minimum Gasteiger partial charge on any atom is -0.349 e. The van der Waals surface area contributed by atoms with Gasteiger partial charge in [-0.3, -0.25) is 0 Å². The van der Waals surface area contributed by atoms with E-state index in [4.69, 9.17) is 5.73 Å². The van der Waals surface area contributed by atoms with Gasteiger partial charge in [-0.2, -0.15) is 11.8 Å². The molecule has 0 saturated heterocycles. The summed E-state index contributed by atoms with van der Waals surface area (Å²) in [6.45, 7) is 8.07. The Hall–Kier alpha value is -0.410. The number of nitrogens with zero attached hydrogens (tertiary/aromatic N) is 1. The molecule has 2 rings (SSSR count). The van der Waals surface area contributed by atoms with Crippen LogP contribution < -0.4 is 5.73 Å². The summed E-state index contributed by atoms with van der Waals surface area (Å²) in [6.07, 6.45) is 7.05. The number of thioether (sulfide) groups is 1. The average molecular weight is 280 g/mol. The van der Waals surface area contributed by atoms with Crippen molar-refractivity contribution in [1.82, 2.24) is 4.57 Å². The van der Waals surface area contributed by atoms with Gasteiger partial charge in [-0.15, -0.1) is 0 Å². The van der Waals surface area contributed by atoms with Gasteiger partial charge in [0.25, 0.3) is 0 Å². The van der Waals surface area contributed by atoms with E-state index in [-0.39, 0.29) is 6.04 Å². The number of rotatable bonds is 5. The van der Waals surface area contributed by atoms with Crippen LogP contribution >= 0.6 is 11.8 Å². The summed E-state index contributed by atoms with van der Waals surface area (Å²) in [6, 6.07) is 2.55. The van der Waals surface area contributed by atoms with Gasteiger partial charge in [0, 0.05) is 24.0 Å². The molecule has 0 amide bonds.